The van der Waals surface area contributed by atoms with Gasteiger partial charge in [0.05, 0.1) is 6.10 Å². The van der Waals surface area contributed by atoms with E-state index in [-0.39, 0.29) is 6.10 Å². The molecule has 1 atom stereocenters. The molecule has 1 aliphatic carbocycles. The van der Waals surface area contributed by atoms with E-state index in [2.05, 4.69) is 13.0 Å². The van der Waals surface area contributed by atoms with Gasteiger partial charge in [-0.05, 0) is 45.4 Å². The summed E-state index contributed by atoms with van der Waals surface area (Å²) in [5.41, 5.74) is 1.53. The second-order valence-corrected chi connectivity index (χ2v) is 3.88. The molecule has 0 saturated carbocycles. The zero-order valence-corrected chi connectivity index (χ0v) is 8.05. The number of aliphatic hydroxyl groups excluding tert-OH is 1. The number of hydrogen-bond acceptors (Lipinski definition) is 1. The highest BCUT2D eigenvalue weighted by molar-refractivity contribution is 4.97. The van der Waals surface area contributed by atoms with Gasteiger partial charge in [-0.1, -0.05) is 18.1 Å². The molecule has 1 aliphatic rings. The van der Waals surface area contributed by atoms with Crippen molar-refractivity contribution >= 4 is 0 Å². The molecular weight excluding hydrogens is 148 g/mol. The summed E-state index contributed by atoms with van der Waals surface area (Å²) in [6.45, 7) is 2.22. The molecule has 1 nitrogen and oxygen atoms in total. The lowest BCUT2D eigenvalue weighted by Gasteiger charge is -2.11. The number of rotatable bonds is 0. The molecule has 0 fully saturated rings. The van der Waals surface area contributed by atoms with E-state index in [0.717, 1.165) is 25.7 Å². The van der Waals surface area contributed by atoms with Crippen LogP contribution in [0.5, 0.6) is 0 Å². The maximum Gasteiger partial charge on any atom is 0.0540 e. The van der Waals surface area contributed by atoms with Crippen molar-refractivity contribution in [1.29, 1.82) is 0 Å². The summed E-state index contributed by atoms with van der Waals surface area (Å²) in [7, 11) is 0. The van der Waals surface area contributed by atoms with Crippen LogP contribution in [0.2, 0.25) is 0 Å². The lowest BCUT2D eigenvalue weighted by Crippen LogP contribution is -2.06. The fourth-order valence-corrected chi connectivity index (χ4v) is 1.73. The van der Waals surface area contributed by atoms with E-state index in [1.807, 2.05) is 0 Å². The summed E-state index contributed by atoms with van der Waals surface area (Å²) in [4.78, 5) is 0. The van der Waals surface area contributed by atoms with Crippen LogP contribution in [-0.4, -0.2) is 11.2 Å². The van der Waals surface area contributed by atoms with E-state index in [0.29, 0.717) is 0 Å². The van der Waals surface area contributed by atoms with Crippen molar-refractivity contribution < 1.29 is 5.11 Å². The van der Waals surface area contributed by atoms with Crippen LogP contribution >= 0.6 is 0 Å². The number of hydrogen-bond donors (Lipinski definition) is 1. The lowest BCUT2D eigenvalue weighted by atomic mass is 9.99. The molecule has 0 bridgehead atoms. The van der Waals surface area contributed by atoms with E-state index >= 15 is 0 Å². The highest BCUT2D eigenvalue weighted by atomic mass is 16.3. The molecule has 0 radical (unpaired) electrons. The van der Waals surface area contributed by atoms with Crippen molar-refractivity contribution in [1.82, 2.24) is 0 Å². The largest absolute Gasteiger partial charge is 0.393 e. The predicted molar refractivity (Wildman–Crippen MR) is 52.1 cm³/mol. The first kappa shape index (κ1) is 9.79. The quantitative estimate of drug-likeness (QED) is 0.551. The summed E-state index contributed by atoms with van der Waals surface area (Å²) >= 11 is 0. The minimum absolute atomic E-state index is 0.0307. The molecule has 1 heteroatoms. The topological polar surface area (TPSA) is 20.2 Å². The maximum absolute atomic E-state index is 9.48. The van der Waals surface area contributed by atoms with E-state index < -0.39 is 0 Å². The smallest absolute Gasteiger partial charge is 0.0540 e. The Bertz CT molecular complexity index is 149. The summed E-state index contributed by atoms with van der Waals surface area (Å²) < 4.78 is 0. The zero-order valence-electron chi connectivity index (χ0n) is 8.05. The molecule has 0 aromatic carbocycles. The second-order valence-electron chi connectivity index (χ2n) is 3.88. The van der Waals surface area contributed by atoms with Gasteiger partial charge in [-0.25, -0.2) is 0 Å². The van der Waals surface area contributed by atoms with E-state index in [1.54, 1.807) is 0 Å². The van der Waals surface area contributed by atoms with Gasteiger partial charge in [-0.15, -0.1) is 0 Å². The summed E-state index contributed by atoms with van der Waals surface area (Å²) in [6.07, 6.45) is 10.3. The van der Waals surface area contributed by atoms with Crippen LogP contribution in [0.4, 0.5) is 0 Å². The van der Waals surface area contributed by atoms with E-state index in [1.165, 1.54) is 24.8 Å². The van der Waals surface area contributed by atoms with Crippen LogP contribution in [0.25, 0.3) is 0 Å². The molecule has 70 valence electrons. The van der Waals surface area contributed by atoms with Gasteiger partial charge in [-0.2, -0.15) is 0 Å². The Morgan fingerprint density at radius 1 is 1.25 bits per heavy atom. The van der Waals surface area contributed by atoms with Crippen LogP contribution in [0.15, 0.2) is 11.6 Å². The fourth-order valence-electron chi connectivity index (χ4n) is 1.73. The van der Waals surface area contributed by atoms with Gasteiger partial charge in [0.1, 0.15) is 0 Å². The van der Waals surface area contributed by atoms with Crippen LogP contribution < -0.4 is 0 Å². The number of aliphatic hydroxyl groups is 1. The molecular formula is C11H20O. The Hall–Kier alpha value is -0.300. The zero-order chi connectivity index (χ0) is 8.81. The van der Waals surface area contributed by atoms with Gasteiger partial charge in [-0.3, -0.25) is 0 Å². The van der Waals surface area contributed by atoms with Gasteiger partial charge in [0.15, 0.2) is 0 Å². The second kappa shape index (κ2) is 5.36. The Morgan fingerprint density at radius 3 is 2.83 bits per heavy atom. The van der Waals surface area contributed by atoms with Crippen LogP contribution in [0, 0.1) is 0 Å². The monoisotopic (exact) mass is 168 g/mol. The van der Waals surface area contributed by atoms with Gasteiger partial charge in [0.2, 0.25) is 0 Å². The van der Waals surface area contributed by atoms with Gasteiger partial charge >= 0.3 is 0 Å². The summed E-state index contributed by atoms with van der Waals surface area (Å²) in [5, 5.41) is 9.48. The third-order valence-electron chi connectivity index (χ3n) is 2.59. The minimum atomic E-state index is -0.0307. The third-order valence-corrected chi connectivity index (χ3v) is 2.59. The van der Waals surface area contributed by atoms with Crippen molar-refractivity contribution in [2.24, 2.45) is 0 Å². The van der Waals surface area contributed by atoms with Crippen LogP contribution in [0.1, 0.15) is 51.9 Å². The first-order chi connectivity index (χ1) is 5.79. The normalized spacial score (nSPS) is 32.2. The maximum atomic E-state index is 9.48. The van der Waals surface area contributed by atoms with Crippen molar-refractivity contribution in [2.75, 3.05) is 0 Å². The van der Waals surface area contributed by atoms with E-state index in [9.17, 15) is 5.11 Å². The lowest BCUT2D eigenvalue weighted by molar-refractivity contribution is 0.148. The molecule has 0 heterocycles. The Kier molecular flexibility index (Phi) is 4.37. The summed E-state index contributed by atoms with van der Waals surface area (Å²) in [5.74, 6) is 0. The molecule has 0 aromatic rings. The Morgan fingerprint density at radius 2 is 2.00 bits per heavy atom. The fraction of sp³-hybridized carbons (Fsp3) is 0.818. The van der Waals surface area contributed by atoms with Crippen molar-refractivity contribution in [3.05, 3.63) is 11.6 Å². The summed E-state index contributed by atoms with van der Waals surface area (Å²) in [6, 6.07) is 0. The minimum Gasteiger partial charge on any atom is -0.393 e. The molecule has 0 spiro atoms. The van der Waals surface area contributed by atoms with Crippen LogP contribution in [-0.2, 0) is 0 Å². The number of allylic oxidation sites excluding steroid dienone is 2. The van der Waals surface area contributed by atoms with Gasteiger partial charge in [0, 0.05) is 0 Å². The van der Waals surface area contributed by atoms with Gasteiger partial charge < -0.3 is 5.11 Å². The highest BCUT2D eigenvalue weighted by Crippen LogP contribution is 2.16. The molecule has 0 aliphatic heterocycles. The first-order valence-corrected chi connectivity index (χ1v) is 5.13. The average molecular weight is 168 g/mol. The highest BCUT2D eigenvalue weighted by Gasteiger charge is 2.04. The Labute approximate surface area is 75.5 Å². The van der Waals surface area contributed by atoms with Crippen molar-refractivity contribution in [3.63, 3.8) is 0 Å². The Balaban J connectivity index is 2.33. The van der Waals surface area contributed by atoms with E-state index in [4.69, 9.17) is 0 Å². The average Bonchev–Trinajstić information content (AvgIpc) is 2.06. The molecule has 0 aromatic heterocycles. The van der Waals surface area contributed by atoms with Gasteiger partial charge in [0.25, 0.3) is 0 Å². The molecule has 1 N–H and O–H groups in total. The molecule has 0 amide bonds. The third kappa shape index (κ3) is 3.91. The van der Waals surface area contributed by atoms with Crippen molar-refractivity contribution in [3.8, 4) is 0 Å². The molecule has 1 rings (SSSR count). The standard InChI is InChI=1S/C11H20O/c1-10-6-2-4-8-11(12)9-5-3-7-10/h6,11-12H,2-5,7-9H2,1H3/b10-6-. The molecule has 12 heavy (non-hydrogen) atoms. The molecule has 1 unspecified atom stereocenters. The van der Waals surface area contributed by atoms with Crippen LogP contribution in [0.3, 0.4) is 0 Å². The predicted octanol–water partition coefficient (Wildman–Crippen LogP) is 3.04. The molecule has 0 saturated heterocycles. The first-order valence-electron chi connectivity index (χ1n) is 5.13. The van der Waals surface area contributed by atoms with Crippen molar-refractivity contribution in [2.45, 2.75) is 58.0 Å². The SMILES string of the molecule is C/C1=C/CCCC(O)CCCC1.